The van der Waals surface area contributed by atoms with Crippen LogP contribution in [0.3, 0.4) is 0 Å². The monoisotopic (exact) mass is 248 g/mol. The zero-order valence-electron chi connectivity index (χ0n) is 9.29. The van der Waals surface area contributed by atoms with Crippen molar-refractivity contribution < 1.29 is 5.11 Å². The number of rotatable bonds is 3. The van der Waals surface area contributed by atoms with Crippen molar-refractivity contribution in [2.75, 3.05) is 0 Å². The van der Waals surface area contributed by atoms with Crippen LogP contribution in [0.4, 0.5) is 0 Å². The molecule has 0 fully saturated rings. The Bertz CT molecular complexity index is 582. The molecule has 0 aliphatic rings. The number of aromatic amines is 1. The second-order valence-corrected chi connectivity index (χ2v) is 3.83. The molecule has 2 N–H and O–H groups in total. The summed E-state index contributed by atoms with van der Waals surface area (Å²) in [6.45, 7) is 1.98. The van der Waals surface area contributed by atoms with Crippen molar-refractivity contribution in [1.29, 1.82) is 0 Å². The van der Waals surface area contributed by atoms with Crippen LogP contribution < -0.4 is 0 Å². The summed E-state index contributed by atoms with van der Waals surface area (Å²) >= 11 is 5.07. The fraction of sp³-hybridized carbons (Fsp3) is 0.182. The molecule has 0 amide bonds. The zero-order chi connectivity index (χ0) is 12.3. The standard InChI is InChI=1S/C11H12N4OS/c1-2-10-13-14-11(17)15(10)12-7-8-3-5-9(16)6-4-8/h3-7,16H,2H2,1H3,(H,14,17)/b12-7-. The van der Waals surface area contributed by atoms with Gasteiger partial charge in [-0.15, -0.1) is 0 Å². The highest BCUT2D eigenvalue weighted by atomic mass is 32.1. The Morgan fingerprint density at radius 3 is 2.82 bits per heavy atom. The van der Waals surface area contributed by atoms with E-state index < -0.39 is 0 Å². The van der Waals surface area contributed by atoms with E-state index in [4.69, 9.17) is 17.3 Å². The van der Waals surface area contributed by atoms with Gasteiger partial charge < -0.3 is 5.11 Å². The Morgan fingerprint density at radius 1 is 1.47 bits per heavy atom. The van der Waals surface area contributed by atoms with E-state index >= 15 is 0 Å². The molecule has 5 nitrogen and oxygen atoms in total. The second kappa shape index (κ2) is 4.92. The molecule has 1 aromatic heterocycles. The lowest BCUT2D eigenvalue weighted by molar-refractivity contribution is 0.475. The highest BCUT2D eigenvalue weighted by molar-refractivity contribution is 7.71. The van der Waals surface area contributed by atoms with Gasteiger partial charge in [-0.25, -0.2) is 0 Å². The molecule has 2 aromatic rings. The summed E-state index contributed by atoms with van der Waals surface area (Å²) in [6, 6.07) is 6.76. The van der Waals surface area contributed by atoms with Gasteiger partial charge in [-0.2, -0.15) is 14.9 Å². The second-order valence-electron chi connectivity index (χ2n) is 3.45. The molecule has 1 aromatic carbocycles. The predicted molar refractivity (Wildman–Crippen MR) is 67.9 cm³/mol. The third-order valence-electron chi connectivity index (χ3n) is 2.25. The first-order valence-corrected chi connectivity index (χ1v) is 5.61. The predicted octanol–water partition coefficient (Wildman–Crippen LogP) is 2.09. The van der Waals surface area contributed by atoms with Gasteiger partial charge in [0.15, 0.2) is 5.82 Å². The van der Waals surface area contributed by atoms with E-state index in [-0.39, 0.29) is 5.75 Å². The van der Waals surface area contributed by atoms with Gasteiger partial charge in [-0.05, 0) is 42.0 Å². The number of aromatic hydroxyl groups is 1. The van der Waals surface area contributed by atoms with E-state index in [2.05, 4.69) is 15.3 Å². The smallest absolute Gasteiger partial charge is 0.216 e. The molecule has 2 rings (SSSR count). The first-order chi connectivity index (χ1) is 8.20. The van der Waals surface area contributed by atoms with Gasteiger partial charge >= 0.3 is 0 Å². The molecular weight excluding hydrogens is 236 g/mol. The molecule has 17 heavy (non-hydrogen) atoms. The number of nitrogens with zero attached hydrogens (tertiary/aromatic N) is 3. The van der Waals surface area contributed by atoms with Crippen molar-refractivity contribution >= 4 is 18.4 Å². The first kappa shape index (κ1) is 11.5. The summed E-state index contributed by atoms with van der Waals surface area (Å²) < 4.78 is 2.05. The number of phenols is 1. The SMILES string of the molecule is CCc1n[nH]c(=S)n1/N=C\c1ccc(O)cc1. The van der Waals surface area contributed by atoms with Crippen molar-refractivity contribution in [3.63, 3.8) is 0 Å². The van der Waals surface area contributed by atoms with Crippen LogP contribution in [0, 0.1) is 4.77 Å². The Kier molecular flexibility index (Phi) is 3.34. The molecule has 0 spiro atoms. The largest absolute Gasteiger partial charge is 0.508 e. The minimum Gasteiger partial charge on any atom is -0.508 e. The summed E-state index contributed by atoms with van der Waals surface area (Å²) in [7, 11) is 0. The van der Waals surface area contributed by atoms with Crippen LogP contribution in [0.2, 0.25) is 0 Å². The fourth-order valence-electron chi connectivity index (χ4n) is 1.36. The number of hydrogen-bond donors (Lipinski definition) is 2. The molecule has 0 radical (unpaired) electrons. The fourth-order valence-corrected chi connectivity index (χ4v) is 1.56. The lowest BCUT2D eigenvalue weighted by Crippen LogP contribution is -1.97. The number of benzene rings is 1. The van der Waals surface area contributed by atoms with Crippen LogP contribution in [0.1, 0.15) is 18.3 Å². The van der Waals surface area contributed by atoms with E-state index in [0.29, 0.717) is 4.77 Å². The van der Waals surface area contributed by atoms with Gasteiger partial charge in [-0.3, -0.25) is 5.10 Å². The van der Waals surface area contributed by atoms with Crippen LogP contribution in [0.5, 0.6) is 5.75 Å². The average molecular weight is 248 g/mol. The van der Waals surface area contributed by atoms with Crippen LogP contribution in [0.25, 0.3) is 0 Å². The van der Waals surface area contributed by atoms with Crippen LogP contribution in [-0.4, -0.2) is 26.2 Å². The van der Waals surface area contributed by atoms with Gasteiger partial charge in [0.25, 0.3) is 0 Å². The van der Waals surface area contributed by atoms with E-state index in [0.717, 1.165) is 17.8 Å². The van der Waals surface area contributed by atoms with Crippen molar-refractivity contribution in [2.24, 2.45) is 5.10 Å². The van der Waals surface area contributed by atoms with Gasteiger partial charge in [0.2, 0.25) is 4.77 Å². The van der Waals surface area contributed by atoms with Crippen molar-refractivity contribution in [3.05, 3.63) is 40.4 Å². The molecule has 0 saturated heterocycles. The van der Waals surface area contributed by atoms with Crippen LogP contribution in [0.15, 0.2) is 29.4 Å². The van der Waals surface area contributed by atoms with Crippen LogP contribution in [-0.2, 0) is 6.42 Å². The maximum atomic E-state index is 9.15. The number of phenolic OH excluding ortho intramolecular Hbond substituents is 1. The quantitative estimate of drug-likeness (QED) is 0.645. The zero-order valence-corrected chi connectivity index (χ0v) is 10.1. The van der Waals surface area contributed by atoms with E-state index in [9.17, 15) is 0 Å². The third-order valence-corrected chi connectivity index (χ3v) is 2.51. The summed E-state index contributed by atoms with van der Waals surface area (Å²) in [6.07, 6.45) is 2.42. The number of hydrogen-bond acceptors (Lipinski definition) is 4. The summed E-state index contributed by atoms with van der Waals surface area (Å²) in [5.41, 5.74) is 0.882. The van der Waals surface area contributed by atoms with Gasteiger partial charge in [0, 0.05) is 6.42 Å². The average Bonchev–Trinajstić information content (AvgIpc) is 2.69. The first-order valence-electron chi connectivity index (χ1n) is 5.20. The minimum absolute atomic E-state index is 0.233. The summed E-state index contributed by atoms with van der Waals surface area (Å²) in [5, 5.41) is 20.2. The molecule has 0 bridgehead atoms. The molecular formula is C11H12N4OS. The number of H-pyrrole nitrogens is 1. The van der Waals surface area contributed by atoms with Gasteiger partial charge in [-0.1, -0.05) is 6.92 Å². The molecule has 1 heterocycles. The molecule has 0 aliphatic carbocycles. The minimum atomic E-state index is 0.233. The third kappa shape index (κ3) is 2.59. The van der Waals surface area contributed by atoms with E-state index in [1.807, 2.05) is 6.92 Å². The topological polar surface area (TPSA) is 66.2 Å². The molecule has 88 valence electrons. The molecule has 6 heteroatoms. The number of aryl methyl sites for hydroxylation is 1. The number of nitrogens with one attached hydrogen (secondary N) is 1. The maximum absolute atomic E-state index is 9.15. The maximum Gasteiger partial charge on any atom is 0.216 e. The van der Waals surface area contributed by atoms with E-state index in [1.165, 1.54) is 0 Å². The highest BCUT2D eigenvalue weighted by Gasteiger charge is 2.00. The lowest BCUT2D eigenvalue weighted by Gasteiger charge is -1.97. The Balaban J connectivity index is 2.28. The van der Waals surface area contributed by atoms with Crippen molar-refractivity contribution in [3.8, 4) is 5.75 Å². The lowest BCUT2D eigenvalue weighted by atomic mass is 10.2. The van der Waals surface area contributed by atoms with Gasteiger partial charge in [0.1, 0.15) is 5.75 Å². The van der Waals surface area contributed by atoms with Crippen molar-refractivity contribution in [2.45, 2.75) is 13.3 Å². The molecule has 0 saturated carbocycles. The van der Waals surface area contributed by atoms with Crippen molar-refractivity contribution in [1.82, 2.24) is 14.9 Å². The normalized spacial score (nSPS) is 11.1. The summed E-state index contributed by atoms with van der Waals surface area (Å²) in [5.74, 6) is 1.02. The molecule has 0 atom stereocenters. The van der Waals surface area contributed by atoms with Crippen LogP contribution >= 0.6 is 12.2 Å². The highest BCUT2D eigenvalue weighted by Crippen LogP contribution is 2.08. The Hall–Kier alpha value is -1.95. The molecule has 0 aliphatic heterocycles. The Morgan fingerprint density at radius 2 is 2.18 bits per heavy atom. The van der Waals surface area contributed by atoms with E-state index in [1.54, 1.807) is 35.2 Å². The number of aromatic nitrogens is 3. The summed E-state index contributed by atoms with van der Waals surface area (Å²) in [4.78, 5) is 0. The Labute approximate surface area is 103 Å². The van der Waals surface area contributed by atoms with Gasteiger partial charge in [0.05, 0.1) is 6.21 Å². The molecule has 0 unspecified atom stereocenters.